The summed E-state index contributed by atoms with van der Waals surface area (Å²) in [4.78, 5) is 10.3. The molecule has 0 saturated heterocycles. The van der Waals surface area contributed by atoms with Crippen molar-refractivity contribution in [1.29, 1.82) is 0 Å². The maximum absolute atomic E-state index is 6.83. The Morgan fingerprint density at radius 1 is 0.579 bits per heavy atom. The number of nitrogens with one attached hydrogen (secondary N) is 1. The van der Waals surface area contributed by atoms with Gasteiger partial charge in [-0.1, -0.05) is 140 Å². The zero-order valence-corrected chi connectivity index (χ0v) is 30.7. The lowest BCUT2D eigenvalue weighted by molar-refractivity contribution is 0.270. The van der Waals surface area contributed by atoms with Crippen molar-refractivity contribution in [3.8, 4) is 16.9 Å². The van der Waals surface area contributed by atoms with Crippen LogP contribution >= 0.6 is 0 Å². The molecular weight excluding hydrogens is 701 g/mol. The average molecular weight is 735 g/mol. The second kappa shape index (κ2) is 12.5. The van der Waals surface area contributed by atoms with Crippen molar-refractivity contribution in [3.05, 3.63) is 204 Å². The highest BCUT2D eigenvalue weighted by Crippen LogP contribution is 2.53. The number of benzene rings is 7. The smallest absolute Gasteiger partial charge is 0.159 e. The Bertz CT molecular complexity index is 3150. The minimum atomic E-state index is -0.423. The highest BCUT2D eigenvalue weighted by molar-refractivity contribution is 6.17. The van der Waals surface area contributed by atoms with E-state index in [1.807, 2.05) is 36.4 Å². The predicted octanol–water partition coefficient (Wildman–Crippen LogP) is 11.8. The largest absolute Gasteiger partial charge is 0.485 e. The molecule has 4 heterocycles. The molecule has 2 aliphatic heterocycles. The Morgan fingerprint density at radius 2 is 1.23 bits per heavy atom. The summed E-state index contributed by atoms with van der Waals surface area (Å²) in [5.74, 6) is 2.32. The van der Waals surface area contributed by atoms with Gasteiger partial charge in [-0.05, 0) is 53.6 Å². The number of hydrogen-bond donors (Lipinski definition) is 1. The summed E-state index contributed by atoms with van der Waals surface area (Å²) in [6.45, 7) is 0. The van der Waals surface area contributed by atoms with E-state index < -0.39 is 6.17 Å². The van der Waals surface area contributed by atoms with Crippen LogP contribution in [0.1, 0.15) is 34.3 Å². The van der Waals surface area contributed by atoms with Gasteiger partial charge in [0.05, 0.1) is 17.0 Å². The molecule has 1 aliphatic carbocycles. The highest BCUT2D eigenvalue weighted by Gasteiger charge is 2.40. The number of allylic oxidation sites excluding steroid dienone is 2. The number of hydrogen-bond acceptors (Lipinski definition) is 5. The Hall–Kier alpha value is -7.44. The maximum Gasteiger partial charge on any atom is 0.159 e. The van der Waals surface area contributed by atoms with Crippen molar-refractivity contribution < 1.29 is 9.15 Å². The molecule has 9 aromatic rings. The number of amidine groups is 2. The van der Waals surface area contributed by atoms with Crippen LogP contribution in [0.5, 0.6) is 5.75 Å². The molecule has 12 rings (SSSR count). The number of aliphatic imine (C=N–C) groups is 2. The first-order chi connectivity index (χ1) is 28.3. The van der Waals surface area contributed by atoms with Crippen LogP contribution in [0.4, 0.5) is 0 Å². The van der Waals surface area contributed by atoms with Gasteiger partial charge in [0.2, 0.25) is 0 Å². The number of ether oxygens (including phenoxy) is 1. The van der Waals surface area contributed by atoms with E-state index in [2.05, 4.69) is 156 Å². The summed E-state index contributed by atoms with van der Waals surface area (Å²) in [5, 5.41) is 8.26. The zero-order valence-electron chi connectivity index (χ0n) is 30.7. The lowest BCUT2D eigenvalue weighted by Crippen LogP contribution is -2.33. The van der Waals surface area contributed by atoms with Gasteiger partial charge in [0.15, 0.2) is 5.84 Å². The van der Waals surface area contributed by atoms with E-state index in [9.17, 15) is 0 Å². The van der Waals surface area contributed by atoms with E-state index in [4.69, 9.17) is 19.1 Å². The van der Waals surface area contributed by atoms with Crippen LogP contribution in [-0.2, 0) is 0 Å². The molecule has 6 nitrogen and oxygen atoms in total. The van der Waals surface area contributed by atoms with Crippen LogP contribution < -0.4 is 10.1 Å². The molecule has 0 saturated carbocycles. The number of nitrogens with zero attached hydrogens (tertiary/aromatic N) is 3. The standard InChI is InChI=1S/C51H34N4O2/c1-3-15-31(16-4-1)49-52-50(32-17-5-2-6-18-32)54-51(53-49)37-23-13-29-43-47(37)45-35(21-11-27-41(45)56-43)36-22-12-28-42-46(36)48-40(26-14-30-44(48)57-42)55-38-24-9-7-19-33(38)34-20-8-10-25-39(34)55/h1-30,44,48,51H,(H,52,53,54). The molecule has 6 heteroatoms. The number of aromatic nitrogens is 1. The van der Waals surface area contributed by atoms with E-state index in [0.717, 1.165) is 61.3 Å². The first-order valence-electron chi connectivity index (χ1n) is 19.4. The quantitative estimate of drug-likeness (QED) is 0.191. The molecule has 57 heavy (non-hydrogen) atoms. The zero-order chi connectivity index (χ0) is 37.5. The van der Waals surface area contributed by atoms with E-state index in [1.54, 1.807) is 0 Å². The van der Waals surface area contributed by atoms with Gasteiger partial charge in [-0.25, -0.2) is 9.98 Å². The van der Waals surface area contributed by atoms with Gasteiger partial charge >= 0.3 is 0 Å². The third-order valence-electron chi connectivity index (χ3n) is 11.7. The Balaban J connectivity index is 1.06. The van der Waals surface area contributed by atoms with E-state index in [0.29, 0.717) is 5.84 Å². The van der Waals surface area contributed by atoms with Gasteiger partial charge in [-0.2, -0.15) is 0 Å². The van der Waals surface area contributed by atoms with Crippen LogP contribution in [0.3, 0.4) is 0 Å². The van der Waals surface area contributed by atoms with E-state index >= 15 is 0 Å². The van der Waals surface area contributed by atoms with Crippen molar-refractivity contribution in [1.82, 2.24) is 9.88 Å². The molecule has 270 valence electrons. The van der Waals surface area contributed by atoms with Crippen LogP contribution in [0, 0.1) is 0 Å². The van der Waals surface area contributed by atoms with Crippen LogP contribution in [0.25, 0.3) is 60.6 Å². The first-order valence-corrected chi connectivity index (χ1v) is 19.4. The summed E-state index contributed by atoms with van der Waals surface area (Å²) in [7, 11) is 0. The normalized spacial score (nSPS) is 18.5. The molecule has 3 aliphatic rings. The third-order valence-corrected chi connectivity index (χ3v) is 11.7. The lowest BCUT2D eigenvalue weighted by Gasteiger charge is -2.26. The minimum absolute atomic E-state index is 0.0454. The van der Waals surface area contributed by atoms with Gasteiger partial charge in [-0.3, -0.25) is 0 Å². The summed E-state index contributed by atoms with van der Waals surface area (Å²) in [5.41, 5.74) is 11.6. The van der Waals surface area contributed by atoms with Gasteiger partial charge < -0.3 is 19.0 Å². The fourth-order valence-corrected chi connectivity index (χ4v) is 9.24. The Labute approximate surface area is 328 Å². The highest BCUT2D eigenvalue weighted by atomic mass is 16.5. The minimum Gasteiger partial charge on any atom is -0.485 e. The van der Waals surface area contributed by atoms with Crippen molar-refractivity contribution in [2.75, 3.05) is 0 Å². The van der Waals surface area contributed by atoms with E-state index in [1.165, 1.54) is 33.1 Å². The fraction of sp³-hybridized carbons (Fsp3) is 0.0588. The van der Waals surface area contributed by atoms with Crippen molar-refractivity contribution in [2.24, 2.45) is 9.98 Å². The molecule has 0 fully saturated rings. The Kier molecular flexibility index (Phi) is 7.01. The number of rotatable bonds is 5. The van der Waals surface area contributed by atoms with Crippen molar-refractivity contribution >= 4 is 61.1 Å². The molecule has 0 spiro atoms. The SMILES string of the molecule is C1=CC2Oc3cccc(-c4cccc5oc6cccc(C7N=C(c8ccccc8)N=C(c8ccccc8)N7)c6c45)c3C2C(n2c3ccccc3c3ccccc32)=C1. The third kappa shape index (κ3) is 4.90. The topological polar surface area (TPSA) is 64.1 Å². The molecular formula is C51H34N4O2. The summed E-state index contributed by atoms with van der Waals surface area (Å²) in [6, 6.07) is 57.0. The van der Waals surface area contributed by atoms with Gasteiger partial charge in [0.25, 0.3) is 0 Å². The van der Waals surface area contributed by atoms with Crippen LogP contribution in [0.2, 0.25) is 0 Å². The number of furan rings is 1. The maximum atomic E-state index is 6.83. The molecule has 3 atom stereocenters. The molecule has 0 bridgehead atoms. The second-order valence-corrected chi connectivity index (χ2v) is 14.8. The summed E-state index contributed by atoms with van der Waals surface area (Å²) in [6.07, 6.45) is 6.04. The lowest BCUT2D eigenvalue weighted by atomic mass is 9.83. The molecule has 0 radical (unpaired) electrons. The number of fused-ring (bicyclic) bond motifs is 9. The van der Waals surface area contributed by atoms with Crippen molar-refractivity contribution in [2.45, 2.75) is 18.2 Å². The summed E-state index contributed by atoms with van der Waals surface area (Å²) < 4.78 is 16.0. The number of para-hydroxylation sites is 2. The van der Waals surface area contributed by atoms with Gasteiger partial charge in [0.1, 0.15) is 35.0 Å². The monoisotopic (exact) mass is 734 g/mol. The molecule has 3 unspecified atom stereocenters. The molecule has 7 aromatic carbocycles. The average Bonchev–Trinajstić information content (AvgIpc) is 3.97. The van der Waals surface area contributed by atoms with E-state index in [-0.39, 0.29) is 12.0 Å². The predicted molar refractivity (Wildman–Crippen MR) is 231 cm³/mol. The molecule has 2 aromatic heterocycles. The van der Waals surface area contributed by atoms with Crippen molar-refractivity contribution in [3.63, 3.8) is 0 Å². The van der Waals surface area contributed by atoms with Crippen LogP contribution in [-0.4, -0.2) is 22.3 Å². The van der Waals surface area contributed by atoms with Gasteiger partial charge in [0, 0.05) is 49.5 Å². The van der Waals surface area contributed by atoms with Gasteiger partial charge in [-0.15, -0.1) is 0 Å². The Morgan fingerprint density at radius 3 is 2.00 bits per heavy atom. The molecule has 0 amide bonds. The fourth-order valence-electron chi connectivity index (χ4n) is 9.24. The summed E-state index contributed by atoms with van der Waals surface area (Å²) >= 11 is 0. The van der Waals surface area contributed by atoms with Crippen LogP contribution in [0.15, 0.2) is 196 Å². The second-order valence-electron chi connectivity index (χ2n) is 14.8. The molecule has 1 N–H and O–H groups in total. The first kappa shape index (κ1) is 31.9.